The van der Waals surface area contributed by atoms with E-state index in [1.807, 2.05) is 6.92 Å². The maximum absolute atomic E-state index is 12.0. The number of ether oxygens (including phenoxy) is 1. The van der Waals surface area contributed by atoms with Crippen molar-refractivity contribution in [2.75, 3.05) is 17.2 Å². The van der Waals surface area contributed by atoms with Crippen LogP contribution in [0.1, 0.15) is 6.92 Å². The molecule has 3 aromatic rings. The quantitative estimate of drug-likeness (QED) is 0.643. The number of anilines is 2. The third-order valence-electron chi connectivity index (χ3n) is 3.31. The van der Waals surface area contributed by atoms with Gasteiger partial charge in [-0.1, -0.05) is 0 Å². The van der Waals surface area contributed by atoms with Gasteiger partial charge in [0.1, 0.15) is 5.75 Å². The van der Waals surface area contributed by atoms with E-state index in [-0.39, 0.29) is 0 Å². The molecule has 0 bridgehead atoms. The highest BCUT2D eigenvalue weighted by Gasteiger charge is 2.14. The summed E-state index contributed by atoms with van der Waals surface area (Å²) in [7, 11) is 0. The fraction of sp³-hybridized carbons (Fsp3) is 0.118. The normalized spacial score (nSPS) is 10.4. The van der Waals surface area contributed by atoms with Crippen LogP contribution >= 0.6 is 0 Å². The Bertz CT molecular complexity index is 871. The topological polar surface area (TPSA) is 96.1 Å². The van der Waals surface area contributed by atoms with E-state index in [9.17, 15) is 9.59 Å². The van der Waals surface area contributed by atoms with E-state index in [0.717, 1.165) is 11.0 Å². The molecule has 122 valence electrons. The van der Waals surface area contributed by atoms with Gasteiger partial charge in [-0.2, -0.15) is 0 Å². The predicted molar refractivity (Wildman–Crippen MR) is 91.0 cm³/mol. The molecule has 0 aliphatic rings. The maximum Gasteiger partial charge on any atom is 0.314 e. The number of aromatic nitrogens is 2. The lowest BCUT2D eigenvalue weighted by Crippen LogP contribution is -2.29. The molecule has 2 amide bonds. The number of fused-ring (bicyclic) bond motifs is 1. The smallest absolute Gasteiger partial charge is 0.314 e. The molecule has 7 heteroatoms. The van der Waals surface area contributed by atoms with Crippen molar-refractivity contribution < 1.29 is 14.3 Å². The summed E-state index contributed by atoms with van der Waals surface area (Å²) in [4.78, 5) is 31.0. The monoisotopic (exact) mass is 324 g/mol. The van der Waals surface area contributed by atoms with Gasteiger partial charge in [0, 0.05) is 11.4 Å². The molecule has 24 heavy (non-hydrogen) atoms. The molecular weight excluding hydrogens is 308 g/mol. The Morgan fingerprint density at radius 2 is 1.71 bits per heavy atom. The van der Waals surface area contributed by atoms with Crippen LogP contribution in [0.2, 0.25) is 0 Å². The Kier molecular flexibility index (Phi) is 4.42. The van der Waals surface area contributed by atoms with E-state index >= 15 is 0 Å². The van der Waals surface area contributed by atoms with Gasteiger partial charge in [0.2, 0.25) is 0 Å². The average Bonchev–Trinajstić information content (AvgIpc) is 3.04. The molecule has 0 saturated heterocycles. The second kappa shape index (κ2) is 6.82. The van der Waals surface area contributed by atoms with Gasteiger partial charge in [0.25, 0.3) is 0 Å². The lowest BCUT2D eigenvalue weighted by atomic mass is 10.2. The van der Waals surface area contributed by atoms with Gasteiger partial charge >= 0.3 is 11.8 Å². The Labute approximate surface area is 138 Å². The van der Waals surface area contributed by atoms with Gasteiger partial charge in [-0.05, 0) is 49.4 Å². The number of H-pyrrole nitrogens is 1. The summed E-state index contributed by atoms with van der Waals surface area (Å²) >= 11 is 0. The first-order valence-corrected chi connectivity index (χ1v) is 7.44. The highest BCUT2D eigenvalue weighted by molar-refractivity contribution is 6.43. The van der Waals surface area contributed by atoms with Crippen LogP contribution in [0.25, 0.3) is 11.0 Å². The van der Waals surface area contributed by atoms with Crippen LogP contribution < -0.4 is 15.4 Å². The summed E-state index contributed by atoms with van der Waals surface area (Å²) in [6.07, 6.45) is 1.56. The second-order valence-electron chi connectivity index (χ2n) is 5.00. The summed E-state index contributed by atoms with van der Waals surface area (Å²) in [6, 6.07) is 12.0. The summed E-state index contributed by atoms with van der Waals surface area (Å²) in [5.74, 6) is -0.792. The number of nitrogens with one attached hydrogen (secondary N) is 3. The molecule has 7 nitrogen and oxygen atoms in total. The summed E-state index contributed by atoms with van der Waals surface area (Å²) in [6.45, 7) is 2.45. The first-order chi connectivity index (χ1) is 11.7. The molecule has 1 heterocycles. The molecule has 1 aromatic heterocycles. The van der Waals surface area contributed by atoms with E-state index < -0.39 is 11.8 Å². The zero-order valence-corrected chi connectivity index (χ0v) is 13.0. The van der Waals surface area contributed by atoms with E-state index in [1.165, 1.54) is 0 Å². The minimum absolute atomic E-state index is 0.513. The number of hydrogen-bond donors (Lipinski definition) is 3. The predicted octanol–water partition coefficient (Wildman–Crippen LogP) is 2.54. The number of hydrogen-bond acceptors (Lipinski definition) is 4. The van der Waals surface area contributed by atoms with Crippen LogP contribution in [0.15, 0.2) is 48.8 Å². The minimum Gasteiger partial charge on any atom is -0.494 e. The van der Waals surface area contributed by atoms with Gasteiger partial charge in [-0.15, -0.1) is 0 Å². The van der Waals surface area contributed by atoms with Crippen LogP contribution in [-0.4, -0.2) is 28.4 Å². The molecule has 0 saturated carbocycles. The van der Waals surface area contributed by atoms with Crippen molar-refractivity contribution in [3.63, 3.8) is 0 Å². The van der Waals surface area contributed by atoms with Crippen LogP contribution in [0.3, 0.4) is 0 Å². The highest BCUT2D eigenvalue weighted by Crippen LogP contribution is 2.17. The summed E-state index contributed by atoms with van der Waals surface area (Å²) < 4.78 is 5.32. The van der Waals surface area contributed by atoms with Crippen LogP contribution in [0.5, 0.6) is 5.75 Å². The van der Waals surface area contributed by atoms with Crippen molar-refractivity contribution in [1.82, 2.24) is 9.97 Å². The summed E-state index contributed by atoms with van der Waals surface area (Å²) in [5.41, 5.74) is 2.59. The molecule has 2 aromatic carbocycles. The Hall–Kier alpha value is -3.35. The molecule has 0 aliphatic heterocycles. The Balaban J connectivity index is 1.62. The molecular formula is C17H16N4O3. The fourth-order valence-corrected chi connectivity index (χ4v) is 2.19. The molecule has 0 fully saturated rings. The molecule has 0 aliphatic carbocycles. The number of imidazole rings is 1. The Morgan fingerprint density at radius 1 is 1.04 bits per heavy atom. The molecule has 0 spiro atoms. The third kappa shape index (κ3) is 3.52. The summed E-state index contributed by atoms with van der Waals surface area (Å²) in [5, 5.41) is 5.09. The van der Waals surface area contributed by atoms with Crippen molar-refractivity contribution >= 4 is 34.2 Å². The van der Waals surface area contributed by atoms with Crippen LogP contribution in [0.4, 0.5) is 11.4 Å². The molecule has 3 rings (SSSR count). The van der Waals surface area contributed by atoms with E-state index in [4.69, 9.17) is 4.74 Å². The standard InChI is InChI=1S/C17H16N4O3/c1-2-24-13-6-3-11(4-7-13)20-16(22)17(23)21-12-5-8-14-15(9-12)19-10-18-14/h3-10H,2H2,1H3,(H,18,19)(H,20,22)(H,21,23). The number of nitrogens with zero attached hydrogens (tertiary/aromatic N) is 1. The zero-order valence-electron chi connectivity index (χ0n) is 13.0. The maximum atomic E-state index is 12.0. The van der Waals surface area contributed by atoms with E-state index in [2.05, 4.69) is 20.6 Å². The fourth-order valence-electron chi connectivity index (χ4n) is 2.19. The number of rotatable bonds is 4. The highest BCUT2D eigenvalue weighted by atomic mass is 16.5. The first kappa shape index (κ1) is 15.5. The molecule has 0 atom stereocenters. The molecule has 0 radical (unpaired) electrons. The Morgan fingerprint density at radius 3 is 2.42 bits per heavy atom. The number of amides is 2. The van der Waals surface area contributed by atoms with Crippen molar-refractivity contribution in [3.8, 4) is 5.75 Å². The van der Waals surface area contributed by atoms with Gasteiger partial charge in [-0.25, -0.2) is 4.98 Å². The number of carbonyl (C=O) groups is 2. The third-order valence-corrected chi connectivity index (χ3v) is 3.31. The number of carbonyl (C=O) groups excluding carboxylic acids is 2. The van der Waals surface area contributed by atoms with Crippen LogP contribution in [-0.2, 0) is 9.59 Å². The lowest BCUT2D eigenvalue weighted by Gasteiger charge is -2.08. The molecule has 3 N–H and O–H groups in total. The SMILES string of the molecule is CCOc1ccc(NC(=O)C(=O)Nc2ccc3nc[nH]c3c2)cc1. The molecule has 0 unspecified atom stereocenters. The average molecular weight is 324 g/mol. The first-order valence-electron chi connectivity index (χ1n) is 7.44. The largest absolute Gasteiger partial charge is 0.494 e. The van der Waals surface area contributed by atoms with Gasteiger partial charge in [0.05, 0.1) is 24.0 Å². The van der Waals surface area contributed by atoms with E-state index in [1.54, 1.807) is 48.8 Å². The van der Waals surface area contributed by atoms with Gasteiger partial charge in [-0.3, -0.25) is 9.59 Å². The van der Waals surface area contributed by atoms with Crippen molar-refractivity contribution in [1.29, 1.82) is 0 Å². The van der Waals surface area contributed by atoms with Crippen LogP contribution in [0, 0.1) is 0 Å². The van der Waals surface area contributed by atoms with E-state index in [0.29, 0.717) is 23.7 Å². The van der Waals surface area contributed by atoms with Crippen molar-refractivity contribution in [2.24, 2.45) is 0 Å². The number of aromatic amines is 1. The lowest BCUT2D eigenvalue weighted by molar-refractivity contribution is -0.132. The van der Waals surface area contributed by atoms with Gasteiger partial charge in [0.15, 0.2) is 0 Å². The zero-order chi connectivity index (χ0) is 16.9. The van der Waals surface area contributed by atoms with Gasteiger partial charge < -0.3 is 20.4 Å². The van der Waals surface area contributed by atoms with Crippen molar-refractivity contribution in [2.45, 2.75) is 6.92 Å². The van der Waals surface area contributed by atoms with Crippen molar-refractivity contribution in [3.05, 3.63) is 48.8 Å². The minimum atomic E-state index is -0.747. The number of benzene rings is 2. The second-order valence-corrected chi connectivity index (χ2v) is 5.00.